The van der Waals surface area contributed by atoms with Gasteiger partial charge in [-0.3, -0.25) is 14.6 Å². The lowest BCUT2D eigenvalue weighted by Gasteiger charge is -1.97. The van der Waals surface area contributed by atoms with Gasteiger partial charge in [-0.15, -0.1) is 0 Å². The van der Waals surface area contributed by atoms with E-state index in [-0.39, 0.29) is 12.1 Å². The molecule has 0 saturated heterocycles. The molecule has 1 aromatic heterocycles. The Morgan fingerprint density at radius 3 is 2.54 bits per heavy atom. The van der Waals surface area contributed by atoms with Crippen LogP contribution in [0.3, 0.4) is 0 Å². The number of hydrogen-bond acceptors (Lipinski definition) is 3. The highest BCUT2D eigenvalue weighted by Gasteiger charge is 2.03. The molecule has 1 heterocycles. The number of carboxylic acids is 1. The van der Waals surface area contributed by atoms with E-state index in [1.807, 2.05) is 0 Å². The zero-order valence-corrected chi connectivity index (χ0v) is 6.73. The van der Waals surface area contributed by atoms with Crippen LogP contribution < -0.4 is 5.73 Å². The number of nitrogens with two attached hydrogens (primary N) is 1. The van der Waals surface area contributed by atoms with Crippen molar-refractivity contribution in [1.82, 2.24) is 4.98 Å². The molecule has 1 amide bonds. The van der Waals surface area contributed by atoms with Crippen LogP contribution >= 0.6 is 0 Å². The summed E-state index contributed by atoms with van der Waals surface area (Å²) >= 11 is 0. The number of hydrogen-bond donors (Lipinski definition) is 2. The zero-order chi connectivity index (χ0) is 9.84. The summed E-state index contributed by atoms with van der Waals surface area (Å²) in [6, 6.07) is 2.92. The quantitative estimate of drug-likeness (QED) is 0.674. The maximum atomic E-state index is 10.6. The van der Waals surface area contributed by atoms with Crippen LogP contribution in [-0.4, -0.2) is 22.0 Å². The van der Waals surface area contributed by atoms with Gasteiger partial charge in [0.2, 0.25) is 0 Å². The van der Waals surface area contributed by atoms with E-state index in [9.17, 15) is 9.59 Å². The van der Waals surface area contributed by atoms with Crippen LogP contribution in [0.2, 0.25) is 0 Å². The molecule has 68 valence electrons. The van der Waals surface area contributed by atoms with E-state index in [1.165, 1.54) is 18.3 Å². The highest BCUT2D eigenvalue weighted by Crippen LogP contribution is 2.00. The molecule has 0 fully saturated rings. The van der Waals surface area contributed by atoms with Gasteiger partial charge in [0, 0.05) is 6.20 Å². The summed E-state index contributed by atoms with van der Waals surface area (Å²) in [4.78, 5) is 24.5. The molecule has 0 aliphatic carbocycles. The van der Waals surface area contributed by atoms with Gasteiger partial charge in [-0.1, -0.05) is 6.07 Å². The van der Waals surface area contributed by atoms with E-state index in [0.717, 1.165) is 0 Å². The minimum Gasteiger partial charge on any atom is -0.481 e. The molecule has 0 bridgehead atoms. The molecule has 0 atom stereocenters. The predicted octanol–water partition coefficient (Wildman–Crippen LogP) is -0.192. The maximum absolute atomic E-state index is 10.6. The molecule has 0 saturated carbocycles. The average Bonchev–Trinajstić information content (AvgIpc) is 2.04. The molecular weight excluding hydrogens is 172 g/mol. The number of carbonyl (C=O) groups is 2. The standard InChI is InChI=1S/C8H8N2O3/c9-8(13)6-2-1-5(4-10-6)3-7(11)12/h1-2,4H,3H2,(H2,9,13)(H,11,12). The number of aromatic nitrogens is 1. The van der Waals surface area contributed by atoms with E-state index >= 15 is 0 Å². The van der Waals surface area contributed by atoms with Gasteiger partial charge in [-0.05, 0) is 11.6 Å². The van der Waals surface area contributed by atoms with E-state index in [4.69, 9.17) is 10.8 Å². The van der Waals surface area contributed by atoms with Crippen molar-refractivity contribution < 1.29 is 14.7 Å². The Bertz CT molecular complexity index is 332. The van der Waals surface area contributed by atoms with Crippen molar-refractivity contribution >= 4 is 11.9 Å². The Morgan fingerprint density at radius 1 is 1.46 bits per heavy atom. The van der Waals surface area contributed by atoms with E-state index in [0.29, 0.717) is 5.56 Å². The number of carbonyl (C=O) groups excluding carboxylic acids is 1. The Balaban J connectivity index is 2.81. The lowest BCUT2D eigenvalue weighted by atomic mass is 10.2. The maximum Gasteiger partial charge on any atom is 0.307 e. The van der Waals surface area contributed by atoms with Crippen LogP contribution in [0.5, 0.6) is 0 Å². The van der Waals surface area contributed by atoms with E-state index < -0.39 is 11.9 Å². The van der Waals surface area contributed by atoms with Crippen molar-refractivity contribution in [2.24, 2.45) is 5.73 Å². The Hall–Kier alpha value is -1.91. The molecule has 0 spiro atoms. The van der Waals surface area contributed by atoms with Gasteiger partial charge in [0.05, 0.1) is 6.42 Å². The van der Waals surface area contributed by atoms with Crippen LogP contribution in [0.4, 0.5) is 0 Å². The van der Waals surface area contributed by atoms with Crippen molar-refractivity contribution in [1.29, 1.82) is 0 Å². The molecule has 0 radical (unpaired) electrons. The molecule has 1 rings (SSSR count). The summed E-state index contributed by atoms with van der Waals surface area (Å²) in [5, 5.41) is 8.43. The Labute approximate surface area is 74.2 Å². The minimum absolute atomic E-state index is 0.105. The van der Waals surface area contributed by atoms with Crippen molar-refractivity contribution in [3.63, 3.8) is 0 Å². The second kappa shape index (κ2) is 3.66. The van der Waals surface area contributed by atoms with Gasteiger partial charge in [0.25, 0.3) is 5.91 Å². The fourth-order valence-corrected chi connectivity index (χ4v) is 0.849. The number of carboxylic acid groups (broad SMARTS) is 1. The fourth-order valence-electron chi connectivity index (χ4n) is 0.849. The smallest absolute Gasteiger partial charge is 0.307 e. The number of pyridine rings is 1. The summed E-state index contributed by atoms with van der Waals surface area (Å²) in [5.74, 6) is -1.56. The predicted molar refractivity (Wildman–Crippen MR) is 44.1 cm³/mol. The van der Waals surface area contributed by atoms with Crippen LogP contribution in [0.1, 0.15) is 16.1 Å². The summed E-state index contributed by atoms with van der Waals surface area (Å²) in [6.07, 6.45) is 1.22. The molecule has 1 aromatic rings. The third-order valence-corrected chi connectivity index (χ3v) is 1.43. The summed E-state index contributed by atoms with van der Waals surface area (Å²) in [6.45, 7) is 0. The van der Waals surface area contributed by atoms with E-state index in [2.05, 4.69) is 4.98 Å². The van der Waals surface area contributed by atoms with Gasteiger partial charge < -0.3 is 10.8 Å². The lowest BCUT2D eigenvalue weighted by molar-refractivity contribution is -0.136. The normalized spacial score (nSPS) is 9.54. The fraction of sp³-hybridized carbons (Fsp3) is 0.125. The SMILES string of the molecule is NC(=O)c1ccc(CC(=O)O)cn1. The molecule has 0 unspecified atom stereocenters. The number of amides is 1. The largest absolute Gasteiger partial charge is 0.481 e. The van der Waals surface area contributed by atoms with Crippen LogP contribution in [-0.2, 0) is 11.2 Å². The van der Waals surface area contributed by atoms with Gasteiger partial charge in [0.1, 0.15) is 5.69 Å². The third-order valence-electron chi connectivity index (χ3n) is 1.43. The molecular formula is C8H8N2O3. The monoisotopic (exact) mass is 180 g/mol. The van der Waals surface area contributed by atoms with Crippen molar-refractivity contribution in [2.75, 3.05) is 0 Å². The molecule has 0 aromatic carbocycles. The van der Waals surface area contributed by atoms with Gasteiger partial charge >= 0.3 is 5.97 Å². The topological polar surface area (TPSA) is 93.3 Å². The first-order chi connectivity index (χ1) is 6.09. The van der Waals surface area contributed by atoms with Crippen LogP contribution in [0.15, 0.2) is 18.3 Å². The highest BCUT2D eigenvalue weighted by molar-refractivity contribution is 5.90. The number of primary amides is 1. The second-order valence-electron chi connectivity index (χ2n) is 2.49. The Kier molecular flexibility index (Phi) is 2.59. The molecule has 5 heteroatoms. The zero-order valence-electron chi connectivity index (χ0n) is 6.73. The summed E-state index contributed by atoms with van der Waals surface area (Å²) < 4.78 is 0. The Morgan fingerprint density at radius 2 is 2.15 bits per heavy atom. The van der Waals surface area contributed by atoms with Crippen LogP contribution in [0, 0.1) is 0 Å². The first-order valence-electron chi connectivity index (χ1n) is 3.56. The number of nitrogens with zero attached hydrogens (tertiary/aromatic N) is 1. The third kappa shape index (κ3) is 2.55. The first-order valence-corrected chi connectivity index (χ1v) is 3.56. The molecule has 0 aliphatic rings. The molecule has 13 heavy (non-hydrogen) atoms. The number of aliphatic carboxylic acids is 1. The van der Waals surface area contributed by atoms with Crippen molar-refractivity contribution in [3.8, 4) is 0 Å². The van der Waals surface area contributed by atoms with Gasteiger partial charge in [-0.2, -0.15) is 0 Å². The molecule has 0 aliphatic heterocycles. The van der Waals surface area contributed by atoms with Gasteiger partial charge in [-0.25, -0.2) is 0 Å². The molecule has 3 N–H and O–H groups in total. The second-order valence-corrected chi connectivity index (χ2v) is 2.49. The molecule has 5 nitrogen and oxygen atoms in total. The van der Waals surface area contributed by atoms with Gasteiger partial charge in [0.15, 0.2) is 0 Å². The van der Waals surface area contributed by atoms with Crippen LogP contribution in [0.25, 0.3) is 0 Å². The summed E-state index contributed by atoms with van der Waals surface area (Å²) in [7, 11) is 0. The minimum atomic E-state index is -0.936. The summed E-state index contributed by atoms with van der Waals surface area (Å²) in [5.41, 5.74) is 5.62. The first kappa shape index (κ1) is 9.18. The van der Waals surface area contributed by atoms with Crippen molar-refractivity contribution in [2.45, 2.75) is 6.42 Å². The number of rotatable bonds is 3. The lowest BCUT2D eigenvalue weighted by Crippen LogP contribution is -2.13. The average molecular weight is 180 g/mol. The van der Waals surface area contributed by atoms with E-state index in [1.54, 1.807) is 0 Å². The highest BCUT2D eigenvalue weighted by atomic mass is 16.4. The van der Waals surface area contributed by atoms with Crippen molar-refractivity contribution in [3.05, 3.63) is 29.6 Å².